The highest BCUT2D eigenvalue weighted by atomic mass is 14.9. The monoisotopic (exact) mass is 245 g/mol. The van der Waals surface area contributed by atoms with E-state index < -0.39 is 0 Å². The number of rotatable bonds is 8. The smallest absolute Gasteiger partial charge is 0.00418 e. The molecule has 1 atom stereocenters. The van der Waals surface area contributed by atoms with E-state index in [1.54, 1.807) is 0 Å². The van der Waals surface area contributed by atoms with E-state index in [2.05, 4.69) is 43.4 Å². The third kappa shape index (κ3) is 5.22. The Morgan fingerprint density at radius 2 is 2.17 bits per heavy atom. The highest BCUT2D eigenvalue weighted by Gasteiger charge is 2.19. The van der Waals surface area contributed by atoms with Crippen molar-refractivity contribution in [2.45, 2.75) is 58.4 Å². The minimum absolute atomic E-state index is 0.643. The normalized spacial score (nSPS) is 16.8. The Labute approximate surface area is 112 Å². The maximum Gasteiger partial charge on any atom is 0.00418 e. The Morgan fingerprint density at radius 1 is 1.33 bits per heavy atom. The molecule has 1 fully saturated rings. The van der Waals surface area contributed by atoms with Gasteiger partial charge < -0.3 is 5.32 Å². The Morgan fingerprint density at radius 3 is 2.89 bits per heavy atom. The molecule has 1 unspecified atom stereocenters. The van der Waals surface area contributed by atoms with Gasteiger partial charge in [0, 0.05) is 6.04 Å². The van der Waals surface area contributed by atoms with Crippen LogP contribution in [0.1, 0.15) is 50.2 Å². The number of benzene rings is 1. The summed E-state index contributed by atoms with van der Waals surface area (Å²) in [7, 11) is 0. The molecule has 0 heterocycles. The predicted octanol–water partition coefficient (Wildman–Crippen LogP) is 4.10. The summed E-state index contributed by atoms with van der Waals surface area (Å²) in [6.45, 7) is 5.68. The molecule has 1 nitrogen and oxygen atoms in total. The van der Waals surface area contributed by atoms with Crippen LogP contribution in [0, 0.1) is 12.8 Å². The minimum atomic E-state index is 0.643. The molecule has 0 aromatic heterocycles. The van der Waals surface area contributed by atoms with E-state index >= 15 is 0 Å². The van der Waals surface area contributed by atoms with E-state index in [-0.39, 0.29) is 0 Å². The number of nitrogens with one attached hydrogen (secondary N) is 1. The zero-order valence-corrected chi connectivity index (χ0v) is 11.9. The van der Waals surface area contributed by atoms with Gasteiger partial charge in [-0.25, -0.2) is 0 Å². The second-order valence-electron chi connectivity index (χ2n) is 5.97. The molecule has 1 N–H and O–H groups in total. The molecule has 1 aromatic carbocycles. The minimum Gasteiger partial charge on any atom is -0.314 e. The van der Waals surface area contributed by atoms with Crippen LogP contribution < -0.4 is 5.32 Å². The zero-order chi connectivity index (χ0) is 12.8. The average Bonchev–Trinajstić information content (AvgIpc) is 3.16. The summed E-state index contributed by atoms with van der Waals surface area (Å²) in [5.41, 5.74) is 2.85. The SMILES string of the molecule is Cc1cccc(CCC(C)NCCCC2CC2)c1. The van der Waals surface area contributed by atoms with Gasteiger partial charge in [-0.1, -0.05) is 42.7 Å². The van der Waals surface area contributed by atoms with Gasteiger partial charge >= 0.3 is 0 Å². The summed E-state index contributed by atoms with van der Waals surface area (Å²) in [4.78, 5) is 0. The Hall–Kier alpha value is -0.820. The number of aryl methyl sites for hydroxylation is 2. The molecule has 0 saturated heterocycles. The molecule has 1 aliphatic rings. The van der Waals surface area contributed by atoms with Crippen molar-refractivity contribution >= 4 is 0 Å². The summed E-state index contributed by atoms with van der Waals surface area (Å²) >= 11 is 0. The molecule has 18 heavy (non-hydrogen) atoms. The van der Waals surface area contributed by atoms with E-state index in [9.17, 15) is 0 Å². The highest BCUT2D eigenvalue weighted by molar-refractivity contribution is 5.22. The molecule has 100 valence electrons. The average molecular weight is 245 g/mol. The lowest BCUT2D eigenvalue weighted by Gasteiger charge is -2.13. The van der Waals surface area contributed by atoms with E-state index in [4.69, 9.17) is 0 Å². The predicted molar refractivity (Wildman–Crippen MR) is 78.9 cm³/mol. The van der Waals surface area contributed by atoms with Crippen LogP contribution in [-0.2, 0) is 6.42 Å². The summed E-state index contributed by atoms with van der Waals surface area (Å²) in [6.07, 6.45) is 8.22. The first kappa shape index (κ1) is 13.6. The standard InChI is InChI=1S/C17H27N/c1-14-5-3-6-17(13-14)9-8-15(2)18-12-4-7-16-10-11-16/h3,5-6,13,15-16,18H,4,7-12H2,1-2H3. The van der Waals surface area contributed by atoms with Gasteiger partial charge in [-0.2, -0.15) is 0 Å². The van der Waals surface area contributed by atoms with Crippen LogP contribution in [0.25, 0.3) is 0 Å². The fourth-order valence-electron chi connectivity index (χ4n) is 2.50. The summed E-state index contributed by atoms with van der Waals surface area (Å²) in [6, 6.07) is 9.53. The lowest BCUT2D eigenvalue weighted by molar-refractivity contribution is 0.493. The van der Waals surface area contributed by atoms with Crippen LogP contribution in [0.2, 0.25) is 0 Å². The van der Waals surface area contributed by atoms with Crippen molar-refractivity contribution in [2.24, 2.45) is 5.92 Å². The molecule has 0 radical (unpaired) electrons. The van der Waals surface area contributed by atoms with Gasteiger partial charge in [0.2, 0.25) is 0 Å². The first-order valence-electron chi connectivity index (χ1n) is 7.53. The molecule has 1 heteroatoms. The second-order valence-corrected chi connectivity index (χ2v) is 5.97. The van der Waals surface area contributed by atoms with Gasteiger partial charge in [-0.15, -0.1) is 0 Å². The van der Waals surface area contributed by atoms with Gasteiger partial charge in [0.05, 0.1) is 0 Å². The van der Waals surface area contributed by atoms with Gasteiger partial charge in [0.1, 0.15) is 0 Å². The van der Waals surface area contributed by atoms with E-state index in [1.807, 2.05) is 0 Å². The molecule has 1 aromatic rings. The third-order valence-corrected chi connectivity index (χ3v) is 3.93. The van der Waals surface area contributed by atoms with Crippen molar-refractivity contribution in [3.63, 3.8) is 0 Å². The molecular weight excluding hydrogens is 218 g/mol. The molecule has 1 saturated carbocycles. The van der Waals surface area contributed by atoms with Gasteiger partial charge in [0.25, 0.3) is 0 Å². The molecular formula is C17H27N. The van der Waals surface area contributed by atoms with Crippen LogP contribution in [0.4, 0.5) is 0 Å². The fourth-order valence-corrected chi connectivity index (χ4v) is 2.50. The Balaban J connectivity index is 1.57. The van der Waals surface area contributed by atoms with Gasteiger partial charge in [0.15, 0.2) is 0 Å². The van der Waals surface area contributed by atoms with Crippen LogP contribution in [-0.4, -0.2) is 12.6 Å². The first-order chi connectivity index (χ1) is 8.74. The van der Waals surface area contributed by atoms with Crippen LogP contribution in [0.3, 0.4) is 0 Å². The van der Waals surface area contributed by atoms with Crippen molar-refractivity contribution in [1.82, 2.24) is 5.32 Å². The third-order valence-electron chi connectivity index (χ3n) is 3.93. The van der Waals surface area contributed by atoms with Crippen molar-refractivity contribution < 1.29 is 0 Å². The maximum atomic E-state index is 3.65. The fraction of sp³-hybridized carbons (Fsp3) is 0.647. The lowest BCUT2D eigenvalue weighted by Crippen LogP contribution is -2.27. The van der Waals surface area contributed by atoms with E-state index in [1.165, 1.54) is 56.2 Å². The summed E-state index contributed by atoms with van der Waals surface area (Å²) in [5.74, 6) is 1.08. The maximum absolute atomic E-state index is 3.65. The number of hydrogen-bond donors (Lipinski definition) is 1. The Bertz CT molecular complexity index is 354. The van der Waals surface area contributed by atoms with Crippen molar-refractivity contribution in [2.75, 3.05) is 6.54 Å². The molecule has 0 aliphatic heterocycles. The van der Waals surface area contributed by atoms with E-state index in [0.29, 0.717) is 6.04 Å². The molecule has 0 spiro atoms. The van der Waals surface area contributed by atoms with Crippen LogP contribution in [0.5, 0.6) is 0 Å². The van der Waals surface area contributed by atoms with Crippen molar-refractivity contribution in [1.29, 1.82) is 0 Å². The topological polar surface area (TPSA) is 12.0 Å². The highest BCUT2D eigenvalue weighted by Crippen LogP contribution is 2.33. The van der Waals surface area contributed by atoms with Gasteiger partial charge in [-0.05, 0) is 57.6 Å². The largest absolute Gasteiger partial charge is 0.314 e. The molecule has 0 bridgehead atoms. The Kier molecular flexibility index (Phi) is 5.25. The summed E-state index contributed by atoms with van der Waals surface area (Å²) in [5, 5.41) is 3.65. The molecule has 2 rings (SSSR count). The molecule has 1 aliphatic carbocycles. The first-order valence-corrected chi connectivity index (χ1v) is 7.53. The lowest BCUT2D eigenvalue weighted by atomic mass is 10.0. The van der Waals surface area contributed by atoms with Crippen molar-refractivity contribution in [3.8, 4) is 0 Å². The van der Waals surface area contributed by atoms with E-state index in [0.717, 1.165) is 5.92 Å². The second kappa shape index (κ2) is 6.94. The quantitative estimate of drug-likeness (QED) is 0.680. The van der Waals surface area contributed by atoms with Gasteiger partial charge in [-0.3, -0.25) is 0 Å². The van der Waals surface area contributed by atoms with Crippen LogP contribution >= 0.6 is 0 Å². The van der Waals surface area contributed by atoms with Crippen molar-refractivity contribution in [3.05, 3.63) is 35.4 Å². The zero-order valence-electron chi connectivity index (χ0n) is 11.9. The summed E-state index contributed by atoms with van der Waals surface area (Å²) < 4.78 is 0. The molecule has 0 amide bonds. The van der Waals surface area contributed by atoms with Crippen LogP contribution in [0.15, 0.2) is 24.3 Å². The number of hydrogen-bond acceptors (Lipinski definition) is 1.